The lowest BCUT2D eigenvalue weighted by atomic mass is 9.93. The van der Waals surface area contributed by atoms with Gasteiger partial charge in [-0.3, -0.25) is 15.8 Å². The van der Waals surface area contributed by atoms with Crippen molar-refractivity contribution in [1.29, 1.82) is 0 Å². The van der Waals surface area contributed by atoms with E-state index in [9.17, 15) is 4.79 Å². The predicted octanol–water partition coefficient (Wildman–Crippen LogP) is 3.61. The number of carbonyl (C=O) groups is 1. The highest BCUT2D eigenvalue weighted by Gasteiger charge is 2.43. The molecule has 149 valence electrons. The minimum Gasteiger partial charge on any atom is -0.497 e. The molecule has 6 nitrogen and oxygen atoms in total. The molecule has 1 radical (unpaired) electrons. The highest BCUT2D eigenvalue weighted by Crippen LogP contribution is 2.34. The number of pyridine rings is 1. The van der Waals surface area contributed by atoms with Crippen LogP contribution >= 0.6 is 0 Å². The van der Waals surface area contributed by atoms with Crippen LogP contribution in [0.3, 0.4) is 0 Å². The van der Waals surface area contributed by atoms with E-state index in [0.717, 1.165) is 27.9 Å². The van der Waals surface area contributed by atoms with E-state index in [1.807, 2.05) is 61.5 Å². The molecule has 0 saturated carbocycles. The largest absolute Gasteiger partial charge is 0.497 e. The summed E-state index contributed by atoms with van der Waals surface area (Å²) in [6, 6.07) is 17.6. The molecular weight excluding hydrogens is 366 g/mol. The molecule has 0 aliphatic carbocycles. The number of benzene rings is 2. The fourth-order valence-corrected chi connectivity index (χ4v) is 3.87. The van der Waals surface area contributed by atoms with Crippen LogP contribution in [0.1, 0.15) is 19.8 Å². The van der Waals surface area contributed by atoms with Crippen LogP contribution in [0.4, 0.5) is 0 Å². The minimum absolute atomic E-state index is 0.194. The van der Waals surface area contributed by atoms with Crippen molar-refractivity contribution in [3.8, 4) is 22.8 Å². The molecule has 1 aromatic heterocycles. The SMILES string of the molecule is CCC1(C([NH])=O)CC(Oc2cc(-c3ccccc3)nc3cc(OC)ccc23)CN1. The maximum absolute atomic E-state index is 11.8. The van der Waals surface area contributed by atoms with Crippen LogP contribution in [0.15, 0.2) is 54.6 Å². The van der Waals surface area contributed by atoms with E-state index in [2.05, 4.69) is 5.32 Å². The van der Waals surface area contributed by atoms with E-state index in [1.54, 1.807) is 7.11 Å². The van der Waals surface area contributed by atoms with Gasteiger partial charge in [0.05, 0.1) is 18.3 Å². The van der Waals surface area contributed by atoms with Gasteiger partial charge in [0.25, 0.3) is 5.91 Å². The number of aromatic nitrogens is 1. The Labute approximate surface area is 170 Å². The van der Waals surface area contributed by atoms with Crippen LogP contribution in [0, 0.1) is 0 Å². The van der Waals surface area contributed by atoms with Gasteiger partial charge < -0.3 is 9.47 Å². The van der Waals surface area contributed by atoms with Gasteiger partial charge in [0, 0.05) is 36.0 Å². The lowest BCUT2D eigenvalue weighted by Gasteiger charge is -2.23. The van der Waals surface area contributed by atoms with Crippen molar-refractivity contribution in [3.05, 3.63) is 54.6 Å². The first-order valence-electron chi connectivity index (χ1n) is 9.76. The Balaban J connectivity index is 1.74. The van der Waals surface area contributed by atoms with Crippen molar-refractivity contribution in [1.82, 2.24) is 16.0 Å². The first-order chi connectivity index (χ1) is 14.0. The van der Waals surface area contributed by atoms with Crippen molar-refractivity contribution in [3.63, 3.8) is 0 Å². The number of methoxy groups -OCH3 is 1. The summed E-state index contributed by atoms with van der Waals surface area (Å²) in [5, 5.41) is 4.09. The van der Waals surface area contributed by atoms with Gasteiger partial charge >= 0.3 is 0 Å². The van der Waals surface area contributed by atoms with Crippen LogP contribution in [0.2, 0.25) is 0 Å². The minimum atomic E-state index is -0.820. The second-order valence-corrected chi connectivity index (χ2v) is 7.34. The number of rotatable bonds is 6. The summed E-state index contributed by atoms with van der Waals surface area (Å²) < 4.78 is 11.7. The van der Waals surface area contributed by atoms with E-state index < -0.39 is 11.4 Å². The zero-order valence-corrected chi connectivity index (χ0v) is 16.6. The lowest BCUT2D eigenvalue weighted by Crippen LogP contribution is -2.47. The Morgan fingerprint density at radius 3 is 2.69 bits per heavy atom. The normalized spacial score (nSPS) is 21.2. The quantitative estimate of drug-likeness (QED) is 0.695. The Hall–Kier alpha value is -3.12. The Morgan fingerprint density at radius 2 is 2.03 bits per heavy atom. The van der Waals surface area contributed by atoms with E-state index in [4.69, 9.17) is 20.2 Å². The van der Waals surface area contributed by atoms with Gasteiger partial charge in [-0.15, -0.1) is 0 Å². The molecule has 1 aliphatic rings. The van der Waals surface area contributed by atoms with Gasteiger partial charge in [-0.1, -0.05) is 37.3 Å². The number of nitrogens with zero attached hydrogens (tertiary/aromatic N) is 1. The Bertz CT molecular complexity index is 1040. The average molecular weight is 390 g/mol. The molecule has 1 saturated heterocycles. The molecule has 2 N–H and O–H groups in total. The third kappa shape index (κ3) is 3.63. The number of ether oxygens (including phenoxy) is 2. The molecular formula is C23H24N3O3. The van der Waals surface area contributed by atoms with Crippen molar-refractivity contribution in [2.75, 3.05) is 13.7 Å². The molecule has 4 rings (SSSR count). The maximum Gasteiger partial charge on any atom is 0.258 e. The molecule has 2 atom stereocenters. The second-order valence-electron chi connectivity index (χ2n) is 7.34. The molecule has 3 aromatic rings. The van der Waals surface area contributed by atoms with Crippen LogP contribution in [-0.2, 0) is 4.79 Å². The number of hydrogen-bond acceptors (Lipinski definition) is 5. The van der Waals surface area contributed by atoms with E-state index in [-0.39, 0.29) is 6.10 Å². The molecule has 2 unspecified atom stereocenters. The summed E-state index contributed by atoms with van der Waals surface area (Å²) in [5.41, 5.74) is 9.40. The standard InChI is InChI=1S/C23H24N3O3/c1-3-23(22(24)27)13-17(14-25-23)29-21-12-19(15-7-5-4-6-8-15)26-20-11-16(28-2)9-10-18(20)21/h4-12,17,24-25H,3,13-14H2,1-2H3. The van der Waals surface area contributed by atoms with Gasteiger partial charge in [-0.05, 0) is 18.6 Å². The second kappa shape index (κ2) is 7.72. The zero-order valence-electron chi connectivity index (χ0n) is 16.6. The molecule has 1 fully saturated rings. The van der Waals surface area contributed by atoms with Crippen molar-refractivity contribution >= 4 is 16.8 Å². The van der Waals surface area contributed by atoms with Gasteiger partial charge in [0.15, 0.2) is 0 Å². The fourth-order valence-electron chi connectivity index (χ4n) is 3.87. The van der Waals surface area contributed by atoms with Gasteiger partial charge in [-0.25, -0.2) is 4.98 Å². The van der Waals surface area contributed by atoms with E-state index in [0.29, 0.717) is 25.1 Å². The molecule has 0 bridgehead atoms. The van der Waals surface area contributed by atoms with Crippen molar-refractivity contribution in [2.24, 2.45) is 0 Å². The Morgan fingerprint density at radius 1 is 1.24 bits per heavy atom. The third-order valence-corrected chi connectivity index (χ3v) is 5.62. The number of hydrogen-bond donors (Lipinski definition) is 1. The summed E-state index contributed by atoms with van der Waals surface area (Å²) in [6.07, 6.45) is 0.853. The molecule has 2 heterocycles. The van der Waals surface area contributed by atoms with Gasteiger partial charge in [0.1, 0.15) is 23.1 Å². The van der Waals surface area contributed by atoms with Gasteiger partial charge in [0.2, 0.25) is 0 Å². The topological polar surface area (TPSA) is 84.3 Å². The fraction of sp³-hybridized carbons (Fsp3) is 0.304. The summed E-state index contributed by atoms with van der Waals surface area (Å²) >= 11 is 0. The average Bonchev–Trinajstić information content (AvgIpc) is 3.18. The number of nitrogens with one attached hydrogen (secondary N) is 2. The van der Waals surface area contributed by atoms with E-state index in [1.165, 1.54) is 0 Å². The lowest BCUT2D eigenvalue weighted by molar-refractivity contribution is -0.124. The number of amides is 1. The third-order valence-electron chi connectivity index (χ3n) is 5.62. The molecule has 6 heteroatoms. The van der Waals surface area contributed by atoms with Crippen molar-refractivity contribution in [2.45, 2.75) is 31.4 Å². The van der Waals surface area contributed by atoms with Crippen LogP contribution in [0.25, 0.3) is 22.2 Å². The van der Waals surface area contributed by atoms with Crippen molar-refractivity contribution < 1.29 is 14.3 Å². The van der Waals surface area contributed by atoms with Crippen LogP contribution in [0.5, 0.6) is 11.5 Å². The van der Waals surface area contributed by atoms with E-state index >= 15 is 0 Å². The first-order valence-corrected chi connectivity index (χ1v) is 9.76. The summed E-state index contributed by atoms with van der Waals surface area (Å²) in [5.74, 6) is 0.863. The first kappa shape index (κ1) is 19.2. The van der Waals surface area contributed by atoms with Crippen LogP contribution < -0.4 is 20.5 Å². The predicted molar refractivity (Wildman–Crippen MR) is 112 cm³/mol. The molecule has 1 aliphatic heterocycles. The van der Waals surface area contributed by atoms with Crippen LogP contribution in [-0.4, -0.2) is 36.2 Å². The smallest absolute Gasteiger partial charge is 0.258 e. The zero-order chi connectivity index (χ0) is 20.4. The molecule has 29 heavy (non-hydrogen) atoms. The Kier molecular flexibility index (Phi) is 5.11. The monoisotopic (exact) mass is 390 g/mol. The highest BCUT2D eigenvalue weighted by atomic mass is 16.5. The summed E-state index contributed by atoms with van der Waals surface area (Å²) in [6.45, 7) is 2.45. The van der Waals surface area contributed by atoms with Gasteiger partial charge in [-0.2, -0.15) is 0 Å². The number of fused-ring (bicyclic) bond motifs is 1. The highest BCUT2D eigenvalue weighted by molar-refractivity contribution is 5.89. The maximum atomic E-state index is 11.8. The molecule has 2 aromatic carbocycles. The molecule has 0 spiro atoms. The summed E-state index contributed by atoms with van der Waals surface area (Å²) in [7, 11) is 1.63. The summed E-state index contributed by atoms with van der Waals surface area (Å²) in [4.78, 5) is 16.6. The molecule has 1 amide bonds. The number of carbonyl (C=O) groups excluding carboxylic acids is 1.